The molecule has 2 aromatic heterocycles. The van der Waals surface area contributed by atoms with Crippen LogP contribution in [0.1, 0.15) is 5.56 Å². The van der Waals surface area contributed by atoms with Crippen molar-refractivity contribution in [2.45, 2.75) is 13.5 Å². The van der Waals surface area contributed by atoms with Gasteiger partial charge in [-0.15, -0.1) is 5.10 Å². The van der Waals surface area contributed by atoms with Crippen molar-refractivity contribution in [2.75, 3.05) is 5.32 Å². The molecule has 1 amide bonds. The minimum absolute atomic E-state index is 0.304. The zero-order valence-electron chi connectivity index (χ0n) is 15.3. The number of hydrogen-bond acceptors (Lipinski definition) is 4. The Labute approximate surface area is 169 Å². The highest BCUT2D eigenvalue weighted by molar-refractivity contribution is 6.30. The molecule has 0 fully saturated rings. The average Bonchev–Trinajstić information content (AvgIpc) is 3.00. The number of nitrogens with zero attached hydrogens (tertiary/aromatic N) is 4. The van der Waals surface area contributed by atoms with E-state index >= 15 is 0 Å². The highest BCUT2D eigenvalue weighted by Crippen LogP contribution is 2.19. The van der Waals surface area contributed by atoms with Gasteiger partial charge in [-0.2, -0.15) is 9.61 Å². The fourth-order valence-corrected chi connectivity index (χ4v) is 2.92. The molecule has 0 aliphatic heterocycles. The van der Waals surface area contributed by atoms with Crippen LogP contribution in [0, 0.1) is 12.7 Å². The molecule has 1 N–H and O–H groups in total. The van der Waals surface area contributed by atoms with Gasteiger partial charge in [-0.3, -0.25) is 4.79 Å². The molecule has 0 saturated heterocycles. The number of aromatic nitrogens is 4. The summed E-state index contributed by atoms with van der Waals surface area (Å²) in [4.78, 5) is 24.8. The van der Waals surface area contributed by atoms with Crippen molar-refractivity contribution in [1.82, 2.24) is 19.4 Å². The third-order valence-electron chi connectivity index (χ3n) is 4.33. The van der Waals surface area contributed by atoms with E-state index in [-0.39, 0.29) is 6.54 Å². The molecule has 2 aromatic carbocycles. The van der Waals surface area contributed by atoms with Gasteiger partial charge in [0.1, 0.15) is 12.4 Å². The number of rotatable bonds is 4. The summed E-state index contributed by atoms with van der Waals surface area (Å²) in [6.45, 7) is 1.30. The highest BCUT2D eigenvalue weighted by atomic mass is 35.5. The Hall–Kier alpha value is -3.52. The van der Waals surface area contributed by atoms with Crippen LogP contribution in [0.3, 0.4) is 0 Å². The van der Waals surface area contributed by atoms with Crippen LogP contribution < -0.4 is 11.0 Å². The molecule has 9 heteroatoms. The lowest BCUT2D eigenvalue weighted by Gasteiger charge is -2.05. The van der Waals surface area contributed by atoms with Gasteiger partial charge in [0.15, 0.2) is 5.65 Å². The van der Waals surface area contributed by atoms with Crippen molar-refractivity contribution in [3.8, 4) is 11.3 Å². The first-order valence-electron chi connectivity index (χ1n) is 8.69. The number of aryl methyl sites for hydroxylation is 1. The Morgan fingerprint density at radius 1 is 1.10 bits per heavy atom. The normalized spacial score (nSPS) is 11.0. The molecule has 4 rings (SSSR count). The number of nitrogens with one attached hydrogen (secondary N) is 1. The zero-order valence-corrected chi connectivity index (χ0v) is 16.0. The fourth-order valence-electron chi connectivity index (χ4n) is 2.79. The largest absolute Gasteiger partial charge is 0.367 e. The summed E-state index contributed by atoms with van der Waals surface area (Å²) < 4.78 is 15.8. The first-order valence-corrected chi connectivity index (χ1v) is 9.07. The minimum Gasteiger partial charge on any atom is -0.324 e. The maximum Gasteiger partial charge on any atom is 0.367 e. The second kappa shape index (κ2) is 7.48. The van der Waals surface area contributed by atoms with Gasteiger partial charge in [0.25, 0.3) is 0 Å². The quantitative estimate of drug-likeness (QED) is 0.558. The summed E-state index contributed by atoms with van der Waals surface area (Å²) in [6.07, 6.45) is 0. The number of halogens is 2. The molecule has 0 atom stereocenters. The van der Waals surface area contributed by atoms with Gasteiger partial charge in [0.2, 0.25) is 5.91 Å². The summed E-state index contributed by atoms with van der Waals surface area (Å²) in [7, 11) is 0. The second-order valence-corrected chi connectivity index (χ2v) is 6.88. The van der Waals surface area contributed by atoms with Crippen molar-refractivity contribution in [1.29, 1.82) is 0 Å². The van der Waals surface area contributed by atoms with Crippen molar-refractivity contribution in [2.24, 2.45) is 0 Å². The lowest BCUT2D eigenvalue weighted by atomic mass is 10.1. The number of benzene rings is 2. The SMILES string of the molecule is Cc1ccc(NC(=O)Cn2nc3ccc(-c4ccc(Cl)cc4)nn3c2=O)cc1F. The van der Waals surface area contributed by atoms with Crippen LogP contribution in [0.4, 0.5) is 10.1 Å². The molecule has 0 unspecified atom stereocenters. The van der Waals surface area contributed by atoms with Crippen LogP contribution in [0.15, 0.2) is 59.4 Å². The number of carbonyl (C=O) groups excluding carboxylic acids is 1. The van der Waals surface area contributed by atoms with Gasteiger partial charge in [0.05, 0.1) is 5.69 Å². The van der Waals surface area contributed by atoms with Crippen LogP contribution in [-0.2, 0) is 11.3 Å². The second-order valence-electron chi connectivity index (χ2n) is 6.45. The van der Waals surface area contributed by atoms with E-state index < -0.39 is 17.4 Å². The molecule has 0 bridgehead atoms. The molecule has 0 spiro atoms. The number of anilines is 1. The van der Waals surface area contributed by atoms with E-state index in [0.29, 0.717) is 27.6 Å². The minimum atomic E-state index is -0.555. The number of carbonyl (C=O) groups is 1. The Balaban J connectivity index is 1.58. The first kappa shape index (κ1) is 18.8. The van der Waals surface area contributed by atoms with Gasteiger partial charge in [-0.25, -0.2) is 13.9 Å². The molecule has 0 aliphatic carbocycles. The predicted octanol–water partition coefficient (Wildman–Crippen LogP) is 3.30. The summed E-state index contributed by atoms with van der Waals surface area (Å²) in [6, 6.07) is 14.8. The van der Waals surface area contributed by atoms with Crippen LogP contribution in [-0.4, -0.2) is 25.3 Å². The summed E-state index contributed by atoms with van der Waals surface area (Å²) in [5, 5.41) is 11.6. The molecule has 7 nitrogen and oxygen atoms in total. The monoisotopic (exact) mass is 411 g/mol. The van der Waals surface area contributed by atoms with E-state index in [1.807, 2.05) is 0 Å². The lowest BCUT2D eigenvalue weighted by Crippen LogP contribution is -2.28. The van der Waals surface area contributed by atoms with Crippen molar-refractivity contribution in [3.05, 3.63) is 81.5 Å². The maximum atomic E-state index is 13.6. The summed E-state index contributed by atoms with van der Waals surface area (Å²) in [5.74, 6) is -0.927. The van der Waals surface area contributed by atoms with Gasteiger partial charge in [-0.1, -0.05) is 29.8 Å². The highest BCUT2D eigenvalue weighted by Gasteiger charge is 2.13. The van der Waals surface area contributed by atoms with Crippen LogP contribution in [0.5, 0.6) is 0 Å². The average molecular weight is 412 g/mol. The van der Waals surface area contributed by atoms with E-state index in [4.69, 9.17) is 11.6 Å². The van der Waals surface area contributed by atoms with Crippen molar-refractivity contribution < 1.29 is 9.18 Å². The van der Waals surface area contributed by atoms with Crippen LogP contribution in [0.2, 0.25) is 5.02 Å². The standard InChI is InChI=1S/C20H15ClFN5O2/c1-12-2-7-15(10-16(12)22)23-19(28)11-26-20(29)27-18(25-26)9-8-17(24-27)13-3-5-14(21)6-4-13/h2-10H,11H2,1H3,(H,23,28). The van der Waals surface area contributed by atoms with Gasteiger partial charge < -0.3 is 5.32 Å². The number of amides is 1. The number of hydrogen-bond donors (Lipinski definition) is 1. The first-order chi connectivity index (χ1) is 13.9. The third-order valence-corrected chi connectivity index (χ3v) is 4.58. The van der Waals surface area contributed by atoms with Crippen molar-refractivity contribution in [3.63, 3.8) is 0 Å². The Morgan fingerprint density at radius 2 is 1.86 bits per heavy atom. The van der Waals surface area contributed by atoms with E-state index in [2.05, 4.69) is 15.5 Å². The van der Waals surface area contributed by atoms with E-state index in [9.17, 15) is 14.0 Å². The Morgan fingerprint density at radius 3 is 2.59 bits per heavy atom. The van der Waals surface area contributed by atoms with Gasteiger partial charge >= 0.3 is 5.69 Å². The van der Waals surface area contributed by atoms with Crippen LogP contribution in [0.25, 0.3) is 16.9 Å². The Bertz CT molecular complexity index is 1280. The maximum absolute atomic E-state index is 13.6. The zero-order chi connectivity index (χ0) is 20.5. The molecule has 0 aliphatic rings. The summed E-state index contributed by atoms with van der Waals surface area (Å²) in [5.41, 5.74) is 1.88. The number of fused-ring (bicyclic) bond motifs is 1. The van der Waals surface area contributed by atoms with Gasteiger partial charge in [0, 0.05) is 16.3 Å². The molecule has 146 valence electrons. The fraction of sp³-hybridized carbons (Fsp3) is 0.100. The smallest absolute Gasteiger partial charge is 0.324 e. The van der Waals surface area contributed by atoms with E-state index in [0.717, 1.165) is 14.8 Å². The van der Waals surface area contributed by atoms with Crippen LogP contribution >= 0.6 is 11.6 Å². The Kier molecular flexibility index (Phi) is 4.85. The topological polar surface area (TPSA) is 81.3 Å². The lowest BCUT2D eigenvalue weighted by molar-refractivity contribution is -0.117. The van der Waals surface area contributed by atoms with Crippen molar-refractivity contribution >= 4 is 28.8 Å². The molecule has 0 radical (unpaired) electrons. The predicted molar refractivity (Wildman–Crippen MR) is 107 cm³/mol. The van der Waals surface area contributed by atoms with E-state index in [1.165, 1.54) is 6.07 Å². The van der Waals surface area contributed by atoms with Gasteiger partial charge in [-0.05, 0) is 48.9 Å². The molecular formula is C20H15ClFN5O2. The molecule has 29 heavy (non-hydrogen) atoms. The molecule has 4 aromatic rings. The molecule has 2 heterocycles. The third kappa shape index (κ3) is 3.88. The molecular weight excluding hydrogens is 397 g/mol. The molecule has 0 saturated carbocycles. The summed E-state index contributed by atoms with van der Waals surface area (Å²) >= 11 is 5.90. The van der Waals surface area contributed by atoms with E-state index in [1.54, 1.807) is 55.5 Å².